The number of carbonyl (C=O) groups is 3. The van der Waals surface area contributed by atoms with Crippen molar-refractivity contribution in [1.29, 1.82) is 0 Å². The molecule has 1 aromatic rings. The van der Waals surface area contributed by atoms with Gasteiger partial charge in [-0.1, -0.05) is 30.3 Å². The number of imide groups is 1. The fourth-order valence-electron chi connectivity index (χ4n) is 3.16. The molecule has 2 atom stereocenters. The molecular weight excluding hydrogens is 360 g/mol. The molecule has 0 aromatic heterocycles. The number of carbonyl (C=O) groups excluding carboxylic acids is 3. The van der Waals surface area contributed by atoms with Crippen LogP contribution in [0.5, 0.6) is 0 Å². The van der Waals surface area contributed by atoms with Gasteiger partial charge in [0.15, 0.2) is 6.23 Å². The highest BCUT2D eigenvalue weighted by Crippen LogP contribution is 2.29. The van der Waals surface area contributed by atoms with E-state index in [1.807, 2.05) is 44.2 Å². The number of hydrogen-bond donors (Lipinski definition) is 0. The van der Waals surface area contributed by atoms with Crippen molar-refractivity contribution < 1.29 is 23.9 Å². The predicted molar refractivity (Wildman–Crippen MR) is 104 cm³/mol. The first kappa shape index (κ1) is 21.9. The van der Waals surface area contributed by atoms with E-state index in [0.717, 1.165) is 10.5 Å². The highest BCUT2D eigenvalue weighted by Gasteiger charge is 2.48. The molecule has 0 radical (unpaired) electrons. The first-order valence-electron chi connectivity index (χ1n) is 9.51. The van der Waals surface area contributed by atoms with Gasteiger partial charge < -0.3 is 9.47 Å². The summed E-state index contributed by atoms with van der Waals surface area (Å²) >= 11 is 0. The van der Waals surface area contributed by atoms with Gasteiger partial charge in [0, 0.05) is 13.5 Å². The third-order valence-corrected chi connectivity index (χ3v) is 4.21. The average Bonchev–Trinajstić information content (AvgIpc) is 2.87. The van der Waals surface area contributed by atoms with Gasteiger partial charge in [0.1, 0.15) is 5.60 Å². The van der Waals surface area contributed by atoms with Crippen LogP contribution in [0.2, 0.25) is 0 Å². The maximum atomic E-state index is 13.0. The molecule has 0 spiro atoms. The first-order valence-corrected chi connectivity index (χ1v) is 9.51. The molecule has 0 aliphatic carbocycles. The summed E-state index contributed by atoms with van der Waals surface area (Å²) < 4.78 is 11.5. The van der Waals surface area contributed by atoms with Crippen molar-refractivity contribution in [2.45, 2.75) is 78.5 Å². The Labute approximate surface area is 166 Å². The summed E-state index contributed by atoms with van der Waals surface area (Å²) in [5.41, 5.74) is 0.203. The second kappa shape index (κ2) is 8.73. The van der Waals surface area contributed by atoms with Crippen LogP contribution in [0.3, 0.4) is 0 Å². The van der Waals surface area contributed by atoms with E-state index in [0.29, 0.717) is 0 Å². The van der Waals surface area contributed by atoms with E-state index in [4.69, 9.17) is 9.47 Å². The van der Waals surface area contributed by atoms with Crippen LogP contribution in [0, 0.1) is 0 Å². The number of hydrogen-bond acceptors (Lipinski definition) is 5. The fraction of sp³-hybridized carbons (Fsp3) is 0.571. The molecule has 1 fully saturated rings. The summed E-state index contributed by atoms with van der Waals surface area (Å²) in [5.74, 6) is -0.758. The Kier molecular flexibility index (Phi) is 6.82. The molecule has 0 saturated carbocycles. The zero-order chi connectivity index (χ0) is 21.1. The highest BCUT2D eigenvalue weighted by molar-refractivity contribution is 5.97. The lowest BCUT2D eigenvalue weighted by atomic mass is 10.1. The van der Waals surface area contributed by atoms with Gasteiger partial charge in [0.2, 0.25) is 11.8 Å². The van der Waals surface area contributed by atoms with Crippen molar-refractivity contribution in [3.63, 3.8) is 0 Å². The van der Waals surface area contributed by atoms with Gasteiger partial charge in [-0.2, -0.15) is 0 Å². The molecule has 154 valence electrons. The quantitative estimate of drug-likeness (QED) is 0.771. The lowest BCUT2D eigenvalue weighted by Crippen LogP contribution is -2.51. The van der Waals surface area contributed by atoms with Crippen LogP contribution in [0.4, 0.5) is 4.79 Å². The van der Waals surface area contributed by atoms with Crippen molar-refractivity contribution in [3.8, 4) is 0 Å². The number of benzene rings is 1. The second-order valence-electron chi connectivity index (χ2n) is 8.22. The Balaban J connectivity index is 2.39. The van der Waals surface area contributed by atoms with Crippen molar-refractivity contribution in [1.82, 2.24) is 9.80 Å². The van der Waals surface area contributed by atoms with Gasteiger partial charge in [-0.3, -0.25) is 19.4 Å². The summed E-state index contributed by atoms with van der Waals surface area (Å²) in [6.07, 6.45) is -1.61. The van der Waals surface area contributed by atoms with Gasteiger partial charge in [0.05, 0.1) is 18.6 Å². The number of amides is 3. The predicted octanol–water partition coefficient (Wildman–Crippen LogP) is 3.32. The van der Waals surface area contributed by atoms with E-state index in [-0.39, 0.29) is 25.0 Å². The number of rotatable bonds is 5. The van der Waals surface area contributed by atoms with Gasteiger partial charge >= 0.3 is 6.09 Å². The Bertz CT molecular complexity index is 711. The largest absolute Gasteiger partial charge is 0.444 e. The monoisotopic (exact) mass is 390 g/mol. The summed E-state index contributed by atoms with van der Waals surface area (Å²) in [7, 11) is 0. The number of nitrogens with zero attached hydrogens (tertiary/aromatic N) is 2. The van der Waals surface area contributed by atoms with Crippen molar-refractivity contribution in [3.05, 3.63) is 35.9 Å². The second-order valence-corrected chi connectivity index (χ2v) is 8.22. The Hall–Kier alpha value is -2.41. The van der Waals surface area contributed by atoms with Crippen molar-refractivity contribution in [2.75, 3.05) is 0 Å². The number of ether oxygens (including phenoxy) is 2. The molecule has 1 aliphatic rings. The van der Waals surface area contributed by atoms with Crippen molar-refractivity contribution in [2.24, 2.45) is 0 Å². The topological polar surface area (TPSA) is 76.2 Å². The third kappa shape index (κ3) is 5.55. The Morgan fingerprint density at radius 3 is 2.32 bits per heavy atom. The van der Waals surface area contributed by atoms with Crippen LogP contribution < -0.4 is 0 Å². The van der Waals surface area contributed by atoms with Crippen LogP contribution in [-0.4, -0.2) is 51.7 Å². The molecule has 7 nitrogen and oxygen atoms in total. The maximum Gasteiger partial charge on any atom is 0.411 e. The van der Waals surface area contributed by atoms with Crippen LogP contribution in [-0.2, 0) is 25.6 Å². The highest BCUT2D eigenvalue weighted by atomic mass is 16.6. The van der Waals surface area contributed by atoms with Crippen LogP contribution in [0.15, 0.2) is 30.3 Å². The normalized spacial score (nSPS) is 19.8. The molecule has 0 bridgehead atoms. The van der Waals surface area contributed by atoms with E-state index in [1.54, 1.807) is 20.8 Å². The summed E-state index contributed by atoms with van der Waals surface area (Å²) in [6, 6.07) is 8.82. The van der Waals surface area contributed by atoms with Gasteiger partial charge in [-0.15, -0.1) is 0 Å². The summed E-state index contributed by atoms with van der Waals surface area (Å²) in [6.45, 7) is 10.6. The average molecular weight is 390 g/mol. The Morgan fingerprint density at radius 2 is 1.82 bits per heavy atom. The molecular formula is C21H30N2O5. The Morgan fingerprint density at radius 1 is 1.21 bits per heavy atom. The van der Waals surface area contributed by atoms with Gasteiger partial charge in [-0.25, -0.2) is 4.79 Å². The minimum absolute atomic E-state index is 0.00302. The molecule has 1 saturated heterocycles. The molecule has 1 aromatic carbocycles. The zero-order valence-electron chi connectivity index (χ0n) is 17.5. The zero-order valence-corrected chi connectivity index (χ0v) is 17.5. The van der Waals surface area contributed by atoms with E-state index < -0.39 is 29.9 Å². The van der Waals surface area contributed by atoms with Crippen LogP contribution in [0.25, 0.3) is 0 Å². The lowest BCUT2D eigenvalue weighted by molar-refractivity contribution is -0.158. The molecule has 1 heterocycles. The molecule has 0 N–H and O–H groups in total. The molecule has 28 heavy (non-hydrogen) atoms. The maximum absolute atomic E-state index is 13.0. The summed E-state index contributed by atoms with van der Waals surface area (Å²) in [4.78, 5) is 40.2. The lowest BCUT2D eigenvalue weighted by Gasteiger charge is -2.36. The molecule has 2 rings (SSSR count). The van der Waals surface area contributed by atoms with E-state index >= 15 is 0 Å². The first-order chi connectivity index (χ1) is 13.0. The minimum atomic E-state index is -0.846. The van der Waals surface area contributed by atoms with Crippen LogP contribution >= 0.6 is 0 Å². The third-order valence-electron chi connectivity index (χ3n) is 4.21. The number of likely N-dealkylation sites (tertiary alicyclic amines) is 1. The molecule has 7 heteroatoms. The molecule has 3 amide bonds. The SMILES string of the molecule is CC(=O)N1C(=O)C[C@H](N(Cc2ccccc2)C(=O)OC(C)(C)C)[C@H]1OC(C)C. The molecule has 1 aliphatic heterocycles. The van der Waals surface area contributed by atoms with Gasteiger partial charge in [-0.05, 0) is 40.2 Å². The minimum Gasteiger partial charge on any atom is -0.444 e. The van der Waals surface area contributed by atoms with Gasteiger partial charge in [0.25, 0.3) is 0 Å². The summed E-state index contributed by atoms with van der Waals surface area (Å²) in [5, 5.41) is 0. The smallest absolute Gasteiger partial charge is 0.411 e. The fourth-order valence-corrected chi connectivity index (χ4v) is 3.16. The van der Waals surface area contributed by atoms with E-state index in [2.05, 4.69) is 0 Å². The van der Waals surface area contributed by atoms with E-state index in [1.165, 1.54) is 11.8 Å². The van der Waals surface area contributed by atoms with Crippen LogP contribution in [0.1, 0.15) is 53.5 Å². The molecule has 0 unspecified atom stereocenters. The van der Waals surface area contributed by atoms with Crippen molar-refractivity contribution >= 4 is 17.9 Å². The van der Waals surface area contributed by atoms with E-state index in [9.17, 15) is 14.4 Å². The standard InChI is InChI=1S/C21H30N2O5/c1-14(2)27-19-17(12-18(25)23(19)15(3)24)22(20(26)28-21(4,5)6)13-16-10-8-7-9-11-16/h7-11,14,17,19H,12-13H2,1-6H3/t17-,19+/m0/s1.